The molecule has 1 N–H and O–H groups in total. The van der Waals surface area contributed by atoms with Crippen LogP contribution in [0, 0.1) is 0 Å². The van der Waals surface area contributed by atoms with E-state index in [1.54, 1.807) is 7.11 Å². The fraction of sp³-hybridized carbons (Fsp3) is 0.571. The number of nitrogens with one attached hydrogen (secondary N) is 1. The molecular weight excluding hydrogens is 292 g/mol. The third kappa shape index (κ3) is 4.26. The molecule has 0 saturated heterocycles. The summed E-state index contributed by atoms with van der Waals surface area (Å²) in [4.78, 5) is 2.21. The molecule has 0 aliphatic carbocycles. The lowest BCUT2D eigenvalue weighted by Gasteiger charge is -2.27. The van der Waals surface area contributed by atoms with Crippen LogP contribution in [0.25, 0.3) is 0 Å². The maximum atomic E-state index is 5.46. The van der Waals surface area contributed by atoms with E-state index in [0.717, 1.165) is 16.8 Å². The van der Waals surface area contributed by atoms with Gasteiger partial charge in [-0.2, -0.15) is 0 Å². The van der Waals surface area contributed by atoms with Crippen LogP contribution in [0.1, 0.15) is 25.5 Å². The highest BCUT2D eigenvalue weighted by atomic mass is 79.9. The summed E-state index contributed by atoms with van der Waals surface area (Å²) in [5, 5.41) is 3.48. The van der Waals surface area contributed by atoms with Gasteiger partial charge < -0.3 is 15.0 Å². The summed E-state index contributed by atoms with van der Waals surface area (Å²) in [6.45, 7) is 5.22. The summed E-state index contributed by atoms with van der Waals surface area (Å²) >= 11 is 3.53. The van der Waals surface area contributed by atoms with E-state index >= 15 is 0 Å². The minimum atomic E-state index is 0.292. The first-order valence-corrected chi connectivity index (χ1v) is 6.98. The van der Waals surface area contributed by atoms with Crippen LogP contribution in [-0.2, 0) is 0 Å². The van der Waals surface area contributed by atoms with Gasteiger partial charge >= 0.3 is 0 Å². The largest absolute Gasteiger partial charge is 0.496 e. The van der Waals surface area contributed by atoms with E-state index in [9.17, 15) is 0 Å². The minimum Gasteiger partial charge on any atom is -0.496 e. The Kier molecular flexibility index (Phi) is 6.12. The average Bonchev–Trinajstić information content (AvgIpc) is 2.28. The SMILES string of the molecule is COc1ccc(Br)cc1C(CNC(C)C)N(C)C. The zero-order valence-electron chi connectivity index (χ0n) is 11.8. The Balaban J connectivity index is 3.00. The lowest BCUT2D eigenvalue weighted by molar-refractivity contribution is 0.274. The molecular formula is C14H23BrN2O. The first kappa shape index (κ1) is 15.5. The normalized spacial score (nSPS) is 13.1. The van der Waals surface area contributed by atoms with Gasteiger partial charge in [-0.25, -0.2) is 0 Å². The number of benzene rings is 1. The Morgan fingerprint density at radius 1 is 1.33 bits per heavy atom. The predicted molar refractivity (Wildman–Crippen MR) is 80.3 cm³/mol. The highest BCUT2D eigenvalue weighted by Crippen LogP contribution is 2.30. The van der Waals surface area contributed by atoms with Crippen molar-refractivity contribution < 1.29 is 4.74 Å². The number of halogens is 1. The molecule has 0 aromatic heterocycles. The minimum absolute atomic E-state index is 0.292. The van der Waals surface area contributed by atoms with Gasteiger partial charge in [-0.3, -0.25) is 0 Å². The van der Waals surface area contributed by atoms with Crippen LogP contribution in [0.15, 0.2) is 22.7 Å². The van der Waals surface area contributed by atoms with E-state index in [0.29, 0.717) is 12.1 Å². The summed E-state index contributed by atoms with van der Waals surface area (Å²) in [5.41, 5.74) is 1.20. The van der Waals surface area contributed by atoms with Gasteiger partial charge in [0.1, 0.15) is 5.75 Å². The Bertz CT molecular complexity index is 380. The van der Waals surface area contributed by atoms with Gasteiger partial charge in [0.15, 0.2) is 0 Å². The average molecular weight is 315 g/mol. The number of nitrogens with zero attached hydrogens (tertiary/aromatic N) is 1. The van der Waals surface area contributed by atoms with Crippen LogP contribution >= 0.6 is 15.9 Å². The molecule has 1 atom stereocenters. The number of hydrogen-bond acceptors (Lipinski definition) is 3. The molecule has 18 heavy (non-hydrogen) atoms. The van der Waals surface area contributed by atoms with Crippen molar-refractivity contribution in [1.82, 2.24) is 10.2 Å². The fourth-order valence-corrected chi connectivity index (χ4v) is 2.26. The molecule has 0 radical (unpaired) electrons. The Morgan fingerprint density at radius 2 is 2.00 bits per heavy atom. The number of likely N-dealkylation sites (N-methyl/N-ethyl adjacent to an activating group) is 1. The number of hydrogen-bond donors (Lipinski definition) is 1. The zero-order valence-corrected chi connectivity index (χ0v) is 13.4. The van der Waals surface area contributed by atoms with Crippen molar-refractivity contribution >= 4 is 15.9 Å². The highest BCUT2D eigenvalue weighted by molar-refractivity contribution is 9.10. The third-order valence-electron chi connectivity index (χ3n) is 2.89. The summed E-state index contributed by atoms with van der Waals surface area (Å²) in [6, 6.07) is 6.91. The second kappa shape index (κ2) is 7.12. The van der Waals surface area contributed by atoms with Crippen LogP contribution in [0.2, 0.25) is 0 Å². The van der Waals surface area contributed by atoms with Crippen LogP contribution in [0.4, 0.5) is 0 Å². The standard InChI is InChI=1S/C14H23BrN2O/c1-10(2)16-9-13(17(3)4)12-8-11(15)6-7-14(12)18-5/h6-8,10,13,16H,9H2,1-5H3. The molecule has 0 heterocycles. The van der Waals surface area contributed by atoms with E-state index in [-0.39, 0.29) is 0 Å². The molecule has 1 aromatic rings. The zero-order chi connectivity index (χ0) is 13.7. The quantitative estimate of drug-likeness (QED) is 0.873. The Hall–Kier alpha value is -0.580. The second-order valence-electron chi connectivity index (χ2n) is 4.93. The molecule has 0 fully saturated rings. The van der Waals surface area contributed by atoms with Gasteiger partial charge in [-0.15, -0.1) is 0 Å². The molecule has 0 bridgehead atoms. The molecule has 4 heteroatoms. The summed E-state index contributed by atoms with van der Waals surface area (Å²) < 4.78 is 6.54. The molecule has 0 aliphatic heterocycles. The molecule has 1 rings (SSSR count). The maximum absolute atomic E-state index is 5.46. The van der Waals surface area contributed by atoms with Gasteiger partial charge in [0.2, 0.25) is 0 Å². The number of ether oxygens (including phenoxy) is 1. The smallest absolute Gasteiger partial charge is 0.123 e. The van der Waals surface area contributed by atoms with E-state index in [1.807, 2.05) is 12.1 Å². The van der Waals surface area contributed by atoms with E-state index in [2.05, 4.69) is 60.2 Å². The van der Waals surface area contributed by atoms with Gasteiger partial charge in [-0.05, 0) is 32.3 Å². The van der Waals surface area contributed by atoms with E-state index in [1.165, 1.54) is 5.56 Å². The lowest BCUT2D eigenvalue weighted by Crippen LogP contribution is -2.34. The van der Waals surface area contributed by atoms with E-state index < -0.39 is 0 Å². The maximum Gasteiger partial charge on any atom is 0.123 e. The second-order valence-corrected chi connectivity index (χ2v) is 5.84. The van der Waals surface area contributed by atoms with Crippen molar-refractivity contribution in [3.05, 3.63) is 28.2 Å². The topological polar surface area (TPSA) is 24.5 Å². The van der Waals surface area contributed by atoms with Crippen LogP contribution < -0.4 is 10.1 Å². The molecule has 102 valence electrons. The third-order valence-corrected chi connectivity index (χ3v) is 3.39. The molecule has 1 unspecified atom stereocenters. The first-order valence-electron chi connectivity index (χ1n) is 6.19. The summed E-state index contributed by atoms with van der Waals surface area (Å²) in [6.07, 6.45) is 0. The monoisotopic (exact) mass is 314 g/mol. The molecule has 0 saturated carbocycles. The fourth-order valence-electron chi connectivity index (χ4n) is 1.88. The van der Waals surface area contributed by atoms with Crippen molar-refractivity contribution in [1.29, 1.82) is 0 Å². The van der Waals surface area contributed by atoms with Crippen LogP contribution in [-0.4, -0.2) is 38.7 Å². The Labute approximate surface area is 119 Å². The van der Waals surface area contributed by atoms with E-state index in [4.69, 9.17) is 4.74 Å². The Morgan fingerprint density at radius 3 is 2.50 bits per heavy atom. The van der Waals surface area contributed by atoms with Crippen molar-refractivity contribution in [2.24, 2.45) is 0 Å². The summed E-state index contributed by atoms with van der Waals surface area (Å²) in [7, 11) is 5.90. The van der Waals surface area contributed by atoms with Crippen molar-refractivity contribution in [3.8, 4) is 5.75 Å². The molecule has 0 amide bonds. The van der Waals surface area contributed by atoms with Crippen molar-refractivity contribution in [2.45, 2.75) is 25.9 Å². The molecule has 0 aliphatic rings. The summed E-state index contributed by atoms with van der Waals surface area (Å²) in [5.74, 6) is 0.933. The highest BCUT2D eigenvalue weighted by Gasteiger charge is 2.18. The molecule has 0 spiro atoms. The van der Waals surface area contributed by atoms with Gasteiger partial charge in [0.05, 0.1) is 13.2 Å². The molecule has 3 nitrogen and oxygen atoms in total. The van der Waals surface area contributed by atoms with Gasteiger partial charge in [0.25, 0.3) is 0 Å². The predicted octanol–water partition coefficient (Wildman–Crippen LogP) is 3.06. The van der Waals surface area contributed by atoms with Gasteiger partial charge in [0, 0.05) is 22.6 Å². The van der Waals surface area contributed by atoms with Crippen molar-refractivity contribution in [3.63, 3.8) is 0 Å². The number of rotatable bonds is 6. The van der Waals surface area contributed by atoms with Gasteiger partial charge in [-0.1, -0.05) is 29.8 Å². The van der Waals surface area contributed by atoms with Crippen molar-refractivity contribution in [2.75, 3.05) is 27.7 Å². The van der Waals surface area contributed by atoms with Crippen LogP contribution in [0.5, 0.6) is 5.75 Å². The molecule has 1 aromatic carbocycles. The number of methoxy groups -OCH3 is 1. The van der Waals surface area contributed by atoms with Crippen LogP contribution in [0.3, 0.4) is 0 Å². The first-order chi connectivity index (χ1) is 8.45. The lowest BCUT2D eigenvalue weighted by atomic mass is 10.0.